The van der Waals surface area contributed by atoms with Gasteiger partial charge in [0.1, 0.15) is 0 Å². The first-order valence-corrected chi connectivity index (χ1v) is 10.5. The monoisotopic (exact) mass is 426 g/mol. The van der Waals surface area contributed by atoms with Gasteiger partial charge in [0.25, 0.3) is 9.84 Å². The quantitative estimate of drug-likeness (QED) is 0.529. The Labute approximate surface area is 170 Å². The van der Waals surface area contributed by atoms with E-state index in [1.54, 1.807) is 54.6 Å². The van der Waals surface area contributed by atoms with Crippen LogP contribution in [0.25, 0.3) is 16.7 Å². The van der Waals surface area contributed by atoms with Gasteiger partial charge >= 0.3 is 5.51 Å². The molecule has 150 valence electrons. The van der Waals surface area contributed by atoms with Crippen LogP contribution in [0.3, 0.4) is 0 Å². The summed E-state index contributed by atoms with van der Waals surface area (Å²) in [5, 5.41) is 6.84. The van der Waals surface area contributed by atoms with E-state index in [0.717, 1.165) is 11.1 Å². The van der Waals surface area contributed by atoms with Crippen molar-refractivity contribution in [2.45, 2.75) is 11.0 Å². The second kappa shape index (κ2) is 6.12. The molecule has 0 fully saturated rings. The van der Waals surface area contributed by atoms with Crippen molar-refractivity contribution in [3.63, 3.8) is 0 Å². The summed E-state index contributed by atoms with van der Waals surface area (Å²) in [6, 6.07) is 22.5. The summed E-state index contributed by atoms with van der Waals surface area (Å²) in [6.07, 6.45) is 0. The van der Waals surface area contributed by atoms with Gasteiger partial charge in [-0.1, -0.05) is 78.9 Å². The second-order valence-electron chi connectivity index (χ2n) is 7.00. The lowest BCUT2D eigenvalue weighted by molar-refractivity contribution is -0.0426. The van der Waals surface area contributed by atoms with Gasteiger partial charge in [-0.05, 0) is 27.8 Å². The molecule has 0 unspecified atom stereocenters. The van der Waals surface area contributed by atoms with E-state index in [0.29, 0.717) is 16.7 Å². The molecule has 1 aliphatic carbocycles. The Morgan fingerprint density at radius 2 is 1.23 bits per heavy atom. The average Bonchev–Trinajstić information content (AvgIpc) is 3.27. The third-order valence-corrected chi connectivity index (χ3v) is 6.82. The maximum absolute atomic E-state index is 13.5. The van der Waals surface area contributed by atoms with Gasteiger partial charge in [0.05, 0.1) is 0 Å². The summed E-state index contributed by atoms with van der Waals surface area (Å²) in [5.74, 6) is 0. The second-order valence-corrected chi connectivity index (χ2v) is 8.85. The van der Waals surface area contributed by atoms with Crippen molar-refractivity contribution >= 4 is 15.4 Å². The van der Waals surface area contributed by atoms with Crippen molar-refractivity contribution in [3.05, 3.63) is 101 Å². The molecular formula is C22H13F3N2O2S. The van der Waals surface area contributed by atoms with Crippen molar-refractivity contribution < 1.29 is 21.6 Å². The van der Waals surface area contributed by atoms with Crippen molar-refractivity contribution in [3.8, 4) is 11.1 Å². The fourth-order valence-electron chi connectivity index (χ4n) is 4.20. The number of hydrogen-bond acceptors (Lipinski definition) is 4. The SMILES string of the molecule is O=S(=O)(C1=C(c2ccccc2)C2(N=N1)c1ccccc1-c1ccccc12)C(F)(F)F. The van der Waals surface area contributed by atoms with Crippen LogP contribution in [0.2, 0.25) is 0 Å². The number of fused-ring (bicyclic) bond motifs is 5. The van der Waals surface area contributed by atoms with E-state index < -0.39 is 25.9 Å². The predicted molar refractivity (Wildman–Crippen MR) is 106 cm³/mol. The molecule has 2 aliphatic rings. The van der Waals surface area contributed by atoms with Gasteiger partial charge in [0, 0.05) is 5.57 Å². The molecule has 3 aromatic rings. The van der Waals surface area contributed by atoms with Crippen LogP contribution in [-0.2, 0) is 15.4 Å². The Morgan fingerprint density at radius 3 is 1.77 bits per heavy atom. The van der Waals surface area contributed by atoms with E-state index in [2.05, 4.69) is 10.2 Å². The van der Waals surface area contributed by atoms with Crippen LogP contribution in [0.4, 0.5) is 13.2 Å². The smallest absolute Gasteiger partial charge is 0.213 e. The van der Waals surface area contributed by atoms with Crippen LogP contribution in [-0.4, -0.2) is 13.9 Å². The van der Waals surface area contributed by atoms with E-state index in [9.17, 15) is 21.6 Å². The molecule has 0 N–H and O–H groups in total. The summed E-state index contributed by atoms with van der Waals surface area (Å²) in [6.45, 7) is 0. The molecule has 0 atom stereocenters. The Hall–Kier alpha value is -3.26. The van der Waals surface area contributed by atoms with Crippen LogP contribution < -0.4 is 0 Å². The standard InChI is InChI=1S/C22H13F3N2O2S/c23-22(24,25)30(28,29)20-19(14-8-2-1-3-9-14)21(27-26-20)17-12-6-4-10-15(17)16-11-5-7-13-18(16)21/h1-13H. The van der Waals surface area contributed by atoms with Gasteiger partial charge in [-0.3, -0.25) is 0 Å². The van der Waals surface area contributed by atoms with Crippen LogP contribution >= 0.6 is 0 Å². The normalized spacial score (nSPS) is 16.8. The van der Waals surface area contributed by atoms with Crippen molar-refractivity contribution in [1.29, 1.82) is 0 Å². The number of rotatable bonds is 2. The number of hydrogen-bond donors (Lipinski definition) is 0. The highest BCUT2D eigenvalue weighted by atomic mass is 32.2. The molecule has 1 heterocycles. The zero-order valence-electron chi connectivity index (χ0n) is 15.3. The molecule has 8 heteroatoms. The molecule has 0 amide bonds. The molecule has 5 rings (SSSR count). The lowest BCUT2D eigenvalue weighted by Gasteiger charge is -2.26. The van der Waals surface area contributed by atoms with Crippen LogP contribution in [0, 0.1) is 0 Å². The average molecular weight is 426 g/mol. The molecule has 0 bridgehead atoms. The van der Waals surface area contributed by atoms with Crippen molar-refractivity contribution in [2.24, 2.45) is 10.2 Å². The fraction of sp³-hybridized carbons (Fsp3) is 0.0909. The Bertz CT molecular complexity index is 1300. The van der Waals surface area contributed by atoms with Crippen LogP contribution in [0.15, 0.2) is 94.1 Å². The highest BCUT2D eigenvalue weighted by Gasteiger charge is 2.58. The van der Waals surface area contributed by atoms with E-state index >= 15 is 0 Å². The predicted octanol–water partition coefficient (Wildman–Crippen LogP) is 5.68. The molecule has 0 saturated heterocycles. The minimum absolute atomic E-state index is 0.0853. The molecule has 1 spiro atoms. The third-order valence-electron chi connectivity index (χ3n) is 5.41. The van der Waals surface area contributed by atoms with Gasteiger partial charge in [0.15, 0.2) is 10.6 Å². The lowest BCUT2D eigenvalue weighted by atomic mass is 9.79. The highest BCUT2D eigenvalue weighted by molar-refractivity contribution is 7.96. The molecule has 3 aromatic carbocycles. The largest absolute Gasteiger partial charge is 0.503 e. The summed E-state index contributed by atoms with van der Waals surface area (Å²) in [4.78, 5) is 0. The molecule has 0 aromatic heterocycles. The molecule has 4 nitrogen and oxygen atoms in total. The minimum Gasteiger partial charge on any atom is -0.213 e. The number of sulfone groups is 1. The summed E-state index contributed by atoms with van der Waals surface area (Å²) in [7, 11) is -5.72. The number of azo groups is 1. The van der Waals surface area contributed by atoms with Crippen molar-refractivity contribution in [2.75, 3.05) is 0 Å². The maximum atomic E-state index is 13.5. The maximum Gasteiger partial charge on any atom is 0.503 e. The van der Waals surface area contributed by atoms with Gasteiger partial charge in [-0.15, -0.1) is 5.11 Å². The Morgan fingerprint density at radius 1 is 0.733 bits per heavy atom. The Balaban J connectivity index is 1.94. The molecule has 1 aliphatic heterocycles. The lowest BCUT2D eigenvalue weighted by Crippen LogP contribution is -2.27. The zero-order valence-corrected chi connectivity index (χ0v) is 16.1. The summed E-state index contributed by atoms with van der Waals surface area (Å²) < 4.78 is 65.5. The van der Waals surface area contributed by atoms with Gasteiger partial charge < -0.3 is 0 Å². The third kappa shape index (κ3) is 2.31. The van der Waals surface area contributed by atoms with E-state index in [4.69, 9.17) is 0 Å². The summed E-state index contributed by atoms with van der Waals surface area (Å²) >= 11 is 0. The van der Waals surface area contributed by atoms with Crippen LogP contribution in [0.1, 0.15) is 16.7 Å². The first-order chi connectivity index (χ1) is 14.3. The number of benzene rings is 3. The Kier molecular flexibility index (Phi) is 3.82. The molecule has 30 heavy (non-hydrogen) atoms. The number of halogens is 3. The van der Waals surface area contributed by atoms with Gasteiger partial charge in [-0.2, -0.15) is 18.3 Å². The zero-order chi connectivity index (χ0) is 21.1. The highest BCUT2D eigenvalue weighted by Crippen LogP contribution is 2.60. The summed E-state index contributed by atoms with van der Waals surface area (Å²) in [5.41, 5.74) is -3.97. The minimum atomic E-state index is -5.72. The van der Waals surface area contributed by atoms with Crippen LogP contribution in [0.5, 0.6) is 0 Å². The molecular weight excluding hydrogens is 413 g/mol. The number of alkyl halides is 3. The van der Waals surface area contributed by atoms with Gasteiger partial charge in [0.2, 0.25) is 0 Å². The topological polar surface area (TPSA) is 58.9 Å². The first kappa shape index (κ1) is 18.7. The number of nitrogens with zero attached hydrogens (tertiary/aromatic N) is 2. The van der Waals surface area contributed by atoms with E-state index in [1.165, 1.54) is 0 Å². The van der Waals surface area contributed by atoms with Crippen molar-refractivity contribution in [1.82, 2.24) is 0 Å². The van der Waals surface area contributed by atoms with Gasteiger partial charge in [-0.25, -0.2) is 8.42 Å². The van der Waals surface area contributed by atoms with E-state index in [-0.39, 0.29) is 5.57 Å². The fourth-order valence-corrected chi connectivity index (χ4v) is 5.10. The van der Waals surface area contributed by atoms with E-state index in [1.807, 2.05) is 24.3 Å². The molecule has 0 saturated carbocycles. The first-order valence-electron chi connectivity index (χ1n) is 9.02. The molecule has 0 radical (unpaired) electrons.